The highest BCUT2D eigenvalue weighted by Gasteiger charge is 2.24. The highest BCUT2D eigenvalue weighted by molar-refractivity contribution is 5.48. The zero-order valence-corrected chi connectivity index (χ0v) is 12.9. The zero-order chi connectivity index (χ0) is 14.5. The lowest BCUT2D eigenvalue weighted by Gasteiger charge is -2.35. The maximum absolute atomic E-state index is 5.93. The van der Waals surface area contributed by atoms with E-state index in [0.29, 0.717) is 6.54 Å². The minimum atomic E-state index is -0.151. The number of aryl methyl sites for hydroxylation is 1. The fourth-order valence-electron chi connectivity index (χ4n) is 2.21. The van der Waals surface area contributed by atoms with Crippen molar-refractivity contribution in [3.05, 3.63) is 29.8 Å². The van der Waals surface area contributed by atoms with Crippen molar-refractivity contribution in [2.45, 2.75) is 45.3 Å². The highest BCUT2D eigenvalue weighted by atomic mass is 16.5. The summed E-state index contributed by atoms with van der Waals surface area (Å²) < 4.78 is 5.51. The lowest BCUT2D eigenvalue weighted by molar-refractivity contribution is 0.0104. The van der Waals surface area contributed by atoms with Gasteiger partial charge in [-0.15, -0.1) is 0 Å². The van der Waals surface area contributed by atoms with Gasteiger partial charge < -0.3 is 15.4 Å². The predicted octanol–water partition coefficient (Wildman–Crippen LogP) is 2.83. The maximum Gasteiger partial charge on any atom is 0.0642 e. The van der Waals surface area contributed by atoms with Gasteiger partial charge in [0.05, 0.1) is 5.60 Å². The topological polar surface area (TPSA) is 38.5 Å². The van der Waals surface area contributed by atoms with Crippen molar-refractivity contribution in [1.82, 2.24) is 0 Å². The first-order valence-electron chi connectivity index (χ1n) is 7.00. The first-order chi connectivity index (χ1) is 8.93. The first-order valence-corrected chi connectivity index (χ1v) is 7.00. The van der Waals surface area contributed by atoms with Gasteiger partial charge in [0, 0.05) is 32.4 Å². The maximum atomic E-state index is 5.93. The van der Waals surface area contributed by atoms with E-state index in [0.717, 1.165) is 12.8 Å². The summed E-state index contributed by atoms with van der Waals surface area (Å²) in [5.41, 5.74) is 8.35. The molecule has 3 heteroatoms. The van der Waals surface area contributed by atoms with Gasteiger partial charge in [-0.2, -0.15) is 0 Å². The standard InChI is InChI=1S/C16H28N2O/c1-6-13-7-9-14(10-8-13)18(4)15(12-17)11-16(2,3)19-5/h7-10,15H,6,11-12,17H2,1-5H3. The Kier molecular flexibility index (Phi) is 5.83. The van der Waals surface area contributed by atoms with Crippen LogP contribution in [0, 0.1) is 0 Å². The molecule has 1 atom stereocenters. The van der Waals surface area contributed by atoms with E-state index in [2.05, 4.69) is 57.0 Å². The normalized spacial score (nSPS) is 13.4. The van der Waals surface area contributed by atoms with Gasteiger partial charge in [-0.3, -0.25) is 0 Å². The van der Waals surface area contributed by atoms with Crippen LogP contribution < -0.4 is 10.6 Å². The monoisotopic (exact) mass is 264 g/mol. The van der Waals surface area contributed by atoms with Crippen molar-refractivity contribution in [2.24, 2.45) is 5.73 Å². The smallest absolute Gasteiger partial charge is 0.0642 e. The van der Waals surface area contributed by atoms with Crippen LogP contribution in [0.5, 0.6) is 0 Å². The van der Waals surface area contributed by atoms with Gasteiger partial charge >= 0.3 is 0 Å². The van der Waals surface area contributed by atoms with Crippen molar-refractivity contribution >= 4 is 5.69 Å². The molecule has 0 aromatic heterocycles. The third-order valence-electron chi connectivity index (χ3n) is 3.85. The molecule has 0 saturated carbocycles. The highest BCUT2D eigenvalue weighted by Crippen LogP contribution is 2.23. The van der Waals surface area contributed by atoms with Crippen LogP contribution in [-0.4, -0.2) is 32.3 Å². The second-order valence-corrected chi connectivity index (χ2v) is 5.69. The van der Waals surface area contributed by atoms with E-state index in [-0.39, 0.29) is 11.6 Å². The van der Waals surface area contributed by atoms with E-state index in [4.69, 9.17) is 10.5 Å². The fourth-order valence-corrected chi connectivity index (χ4v) is 2.21. The molecule has 0 heterocycles. The van der Waals surface area contributed by atoms with E-state index in [1.54, 1.807) is 7.11 Å². The van der Waals surface area contributed by atoms with Crippen molar-refractivity contribution in [1.29, 1.82) is 0 Å². The molecule has 0 amide bonds. The van der Waals surface area contributed by atoms with Crippen LogP contribution >= 0.6 is 0 Å². The number of ether oxygens (including phenoxy) is 1. The van der Waals surface area contributed by atoms with E-state index in [9.17, 15) is 0 Å². The summed E-state index contributed by atoms with van der Waals surface area (Å²) in [5.74, 6) is 0. The number of benzene rings is 1. The Morgan fingerprint density at radius 3 is 2.26 bits per heavy atom. The van der Waals surface area contributed by atoms with Gasteiger partial charge in [-0.1, -0.05) is 19.1 Å². The summed E-state index contributed by atoms with van der Waals surface area (Å²) in [7, 11) is 3.85. The van der Waals surface area contributed by atoms with Gasteiger partial charge in [0.15, 0.2) is 0 Å². The second kappa shape index (κ2) is 6.92. The molecule has 1 aromatic rings. The summed E-state index contributed by atoms with van der Waals surface area (Å²) in [4.78, 5) is 2.25. The van der Waals surface area contributed by atoms with Crippen molar-refractivity contribution in [3.8, 4) is 0 Å². The van der Waals surface area contributed by atoms with E-state index in [1.807, 2.05) is 0 Å². The number of rotatable bonds is 7. The lowest BCUT2D eigenvalue weighted by Crippen LogP contribution is -2.43. The third kappa shape index (κ3) is 4.51. The number of nitrogens with two attached hydrogens (primary N) is 1. The molecule has 0 aliphatic heterocycles. The summed E-state index contributed by atoms with van der Waals surface area (Å²) >= 11 is 0. The minimum absolute atomic E-state index is 0.151. The number of anilines is 1. The molecule has 108 valence electrons. The van der Waals surface area contributed by atoms with E-state index < -0.39 is 0 Å². The number of nitrogens with zero attached hydrogens (tertiary/aromatic N) is 1. The van der Waals surface area contributed by atoms with Gasteiger partial charge in [0.25, 0.3) is 0 Å². The van der Waals surface area contributed by atoms with Crippen molar-refractivity contribution in [2.75, 3.05) is 25.6 Å². The van der Waals surface area contributed by atoms with Gasteiger partial charge in [-0.05, 0) is 44.4 Å². The Balaban J connectivity index is 2.79. The second-order valence-electron chi connectivity index (χ2n) is 5.69. The molecule has 19 heavy (non-hydrogen) atoms. The van der Waals surface area contributed by atoms with Crippen LogP contribution in [-0.2, 0) is 11.2 Å². The molecule has 3 nitrogen and oxygen atoms in total. The molecular weight excluding hydrogens is 236 g/mol. The largest absolute Gasteiger partial charge is 0.379 e. The quantitative estimate of drug-likeness (QED) is 0.823. The Morgan fingerprint density at radius 1 is 1.26 bits per heavy atom. The number of hydrogen-bond donors (Lipinski definition) is 1. The molecular formula is C16H28N2O. The Bertz CT molecular complexity index is 373. The Labute approximate surface area is 117 Å². The van der Waals surface area contributed by atoms with Crippen LogP contribution in [0.4, 0.5) is 5.69 Å². The zero-order valence-electron chi connectivity index (χ0n) is 12.9. The van der Waals surface area contributed by atoms with Crippen LogP contribution in [0.3, 0.4) is 0 Å². The van der Waals surface area contributed by atoms with Crippen molar-refractivity contribution in [3.63, 3.8) is 0 Å². The van der Waals surface area contributed by atoms with Crippen LogP contribution in [0.2, 0.25) is 0 Å². The molecule has 0 radical (unpaired) electrons. The van der Waals surface area contributed by atoms with E-state index >= 15 is 0 Å². The molecule has 1 unspecified atom stereocenters. The Morgan fingerprint density at radius 2 is 1.84 bits per heavy atom. The number of hydrogen-bond acceptors (Lipinski definition) is 3. The molecule has 0 saturated heterocycles. The van der Waals surface area contributed by atoms with Crippen molar-refractivity contribution < 1.29 is 4.74 Å². The first kappa shape index (κ1) is 16.0. The summed E-state index contributed by atoms with van der Waals surface area (Å²) in [5, 5.41) is 0. The van der Waals surface area contributed by atoms with Gasteiger partial charge in [0.1, 0.15) is 0 Å². The molecule has 0 fully saturated rings. The average molecular weight is 264 g/mol. The average Bonchev–Trinajstić information content (AvgIpc) is 2.44. The molecule has 0 spiro atoms. The molecule has 0 bridgehead atoms. The molecule has 0 aliphatic carbocycles. The molecule has 2 N–H and O–H groups in total. The Hall–Kier alpha value is -1.06. The molecule has 1 aromatic carbocycles. The summed E-state index contributed by atoms with van der Waals surface area (Å²) in [6, 6.07) is 8.98. The summed E-state index contributed by atoms with van der Waals surface area (Å²) in [6.45, 7) is 6.99. The van der Waals surface area contributed by atoms with Gasteiger partial charge in [0.2, 0.25) is 0 Å². The molecule has 1 rings (SSSR count). The lowest BCUT2D eigenvalue weighted by atomic mass is 9.97. The van der Waals surface area contributed by atoms with Crippen LogP contribution in [0.25, 0.3) is 0 Å². The number of likely N-dealkylation sites (N-methyl/N-ethyl adjacent to an activating group) is 1. The third-order valence-corrected chi connectivity index (χ3v) is 3.85. The SMILES string of the molecule is CCc1ccc(N(C)C(CN)CC(C)(C)OC)cc1. The van der Waals surface area contributed by atoms with Gasteiger partial charge in [-0.25, -0.2) is 0 Å². The minimum Gasteiger partial charge on any atom is -0.379 e. The fraction of sp³-hybridized carbons (Fsp3) is 0.625. The summed E-state index contributed by atoms with van der Waals surface area (Å²) in [6.07, 6.45) is 1.98. The molecule has 0 aliphatic rings. The van der Waals surface area contributed by atoms with E-state index in [1.165, 1.54) is 11.3 Å². The predicted molar refractivity (Wildman–Crippen MR) is 82.8 cm³/mol. The van der Waals surface area contributed by atoms with Crippen LogP contribution in [0.15, 0.2) is 24.3 Å². The van der Waals surface area contributed by atoms with Crippen LogP contribution in [0.1, 0.15) is 32.8 Å². The number of methoxy groups -OCH3 is 1.